The van der Waals surface area contributed by atoms with Gasteiger partial charge in [-0.15, -0.1) is 13.2 Å². The quantitative estimate of drug-likeness (QED) is 0.470. The molecule has 1 aromatic heterocycles. The Balaban J connectivity index is 1.73. The average molecular weight is 434 g/mol. The highest BCUT2D eigenvalue weighted by Crippen LogP contribution is 2.24. The molecule has 0 spiro atoms. The van der Waals surface area contributed by atoms with Gasteiger partial charge < -0.3 is 10.1 Å². The van der Waals surface area contributed by atoms with Crippen molar-refractivity contribution in [2.45, 2.75) is 12.9 Å². The Bertz CT molecular complexity index is 1180. The van der Waals surface area contributed by atoms with Gasteiger partial charge in [-0.25, -0.2) is 4.68 Å². The normalized spacial score (nSPS) is 11.1. The summed E-state index contributed by atoms with van der Waals surface area (Å²) in [5, 5.41) is 17.4. The fourth-order valence-corrected chi connectivity index (χ4v) is 2.57. The minimum atomic E-state index is -4.83. The third kappa shape index (κ3) is 5.88. The molecule has 3 rings (SSSR count). The van der Waals surface area contributed by atoms with E-state index in [9.17, 15) is 32.9 Å². The van der Waals surface area contributed by atoms with Crippen molar-refractivity contribution in [1.82, 2.24) is 9.78 Å². The van der Waals surface area contributed by atoms with Crippen molar-refractivity contribution in [2.24, 2.45) is 0 Å². The lowest BCUT2D eigenvalue weighted by Gasteiger charge is -2.10. The summed E-state index contributed by atoms with van der Waals surface area (Å²) in [7, 11) is 0. The van der Waals surface area contributed by atoms with Crippen molar-refractivity contribution in [3.8, 4) is 17.0 Å². The first-order valence-electron chi connectivity index (χ1n) is 8.59. The van der Waals surface area contributed by atoms with Crippen molar-refractivity contribution in [3.05, 3.63) is 81.1 Å². The summed E-state index contributed by atoms with van der Waals surface area (Å²) in [6.45, 7) is -0.484. The molecule has 0 aliphatic rings. The van der Waals surface area contributed by atoms with Crippen LogP contribution in [0.4, 0.5) is 24.5 Å². The van der Waals surface area contributed by atoms with Crippen LogP contribution in [0.1, 0.15) is 0 Å². The zero-order valence-electron chi connectivity index (χ0n) is 15.5. The number of nitrogens with zero attached hydrogens (tertiary/aromatic N) is 3. The van der Waals surface area contributed by atoms with Crippen LogP contribution in [0, 0.1) is 10.1 Å². The number of hydrogen-bond acceptors (Lipinski definition) is 6. The lowest BCUT2D eigenvalue weighted by Crippen LogP contribution is -2.29. The lowest BCUT2D eigenvalue weighted by atomic mass is 10.1. The van der Waals surface area contributed by atoms with E-state index in [4.69, 9.17) is 0 Å². The topological polar surface area (TPSA) is 116 Å². The summed E-state index contributed by atoms with van der Waals surface area (Å²) < 4.78 is 41.2. The molecule has 0 aliphatic heterocycles. The first-order chi connectivity index (χ1) is 14.6. The smallest absolute Gasteiger partial charge is 0.406 e. The summed E-state index contributed by atoms with van der Waals surface area (Å²) in [6, 6.07) is 12.6. The highest BCUT2D eigenvalue weighted by Gasteiger charge is 2.30. The summed E-state index contributed by atoms with van der Waals surface area (Å²) in [6.07, 6.45) is -4.83. The Hall–Kier alpha value is -4.22. The van der Waals surface area contributed by atoms with Crippen molar-refractivity contribution < 1.29 is 27.6 Å². The maximum atomic E-state index is 12.2. The van der Waals surface area contributed by atoms with Crippen LogP contribution in [0.25, 0.3) is 11.3 Å². The van der Waals surface area contributed by atoms with Crippen LogP contribution in [0.2, 0.25) is 0 Å². The van der Waals surface area contributed by atoms with Crippen LogP contribution in [0.5, 0.6) is 5.75 Å². The van der Waals surface area contributed by atoms with Gasteiger partial charge in [-0.2, -0.15) is 5.10 Å². The third-order valence-electron chi connectivity index (χ3n) is 3.88. The molecule has 0 saturated heterocycles. The molecule has 0 radical (unpaired) electrons. The second-order valence-electron chi connectivity index (χ2n) is 6.14. The number of aromatic nitrogens is 2. The Morgan fingerprint density at radius 3 is 2.48 bits per heavy atom. The number of rotatable bonds is 6. The van der Waals surface area contributed by atoms with Gasteiger partial charge in [0.1, 0.15) is 12.3 Å². The fraction of sp³-hybridized carbons (Fsp3) is 0.105. The first kappa shape index (κ1) is 21.5. The van der Waals surface area contributed by atoms with Crippen molar-refractivity contribution >= 4 is 17.3 Å². The van der Waals surface area contributed by atoms with E-state index >= 15 is 0 Å². The minimum absolute atomic E-state index is 0.159. The Morgan fingerprint density at radius 2 is 1.84 bits per heavy atom. The van der Waals surface area contributed by atoms with Crippen LogP contribution in [0.15, 0.2) is 65.5 Å². The monoisotopic (exact) mass is 434 g/mol. The average Bonchev–Trinajstić information content (AvgIpc) is 2.70. The second-order valence-corrected chi connectivity index (χ2v) is 6.14. The number of halogens is 3. The number of hydrogen-bond donors (Lipinski definition) is 1. The predicted octanol–water partition coefficient (Wildman–Crippen LogP) is 3.36. The fourth-order valence-electron chi connectivity index (χ4n) is 2.57. The molecule has 0 saturated carbocycles. The van der Waals surface area contributed by atoms with Crippen LogP contribution >= 0.6 is 0 Å². The maximum absolute atomic E-state index is 12.2. The minimum Gasteiger partial charge on any atom is -0.406 e. The number of carbonyl (C=O) groups is 1. The summed E-state index contributed by atoms with van der Waals surface area (Å²) in [4.78, 5) is 34.6. The number of nitrogens with one attached hydrogen (secondary N) is 1. The van der Waals surface area contributed by atoms with Crippen LogP contribution in [-0.2, 0) is 11.3 Å². The van der Waals surface area contributed by atoms with Gasteiger partial charge in [0.05, 0.1) is 10.6 Å². The number of nitro groups is 1. The van der Waals surface area contributed by atoms with Crippen LogP contribution < -0.4 is 15.6 Å². The molecule has 160 valence electrons. The first-order valence-corrected chi connectivity index (χ1v) is 8.59. The predicted molar refractivity (Wildman–Crippen MR) is 102 cm³/mol. The molecule has 0 fully saturated rings. The number of ether oxygens (including phenoxy) is 1. The number of nitro benzene ring substituents is 1. The zero-order valence-corrected chi connectivity index (χ0v) is 15.5. The van der Waals surface area contributed by atoms with E-state index in [-0.39, 0.29) is 17.1 Å². The maximum Gasteiger partial charge on any atom is 0.573 e. The number of carbonyl (C=O) groups excluding carboxylic acids is 1. The standard InChI is InChI=1S/C19H13F3N4O5/c20-19(21,22)31-15-6-4-13(5-7-15)23-17(27)11-25-18(28)9-8-16(24-25)12-2-1-3-14(10-12)26(29)30/h1-10H,11H2,(H,23,27). The SMILES string of the molecule is O=C(Cn1nc(-c2cccc([N+](=O)[O-])c2)ccc1=O)Nc1ccc(OC(F)(F)F)cc1. The van der Waals surface area contributed by atoms with Gasteiger partial charge in [0.25, 0.3) is 11.2 Å². The lowest BCUT2D eigenvalue weighted by molar-refractivity contribution is -0.384. The molecule has 12 heteroatoms. The van der Waals surface area contributed by atoms with E-state index in [0.717, 1.165) is 22.9 Å². The molecule has 1 amide bonds. The molecular weight excluding hydrogens is 421 g/mol. The van der Waals surface area contributed by atoms with Crippen molar-refractivity contribution in [1.29, 1.82) is 0 Å². The van der Waals surface area contributed by atoms with Gasteiger partial charge in [0, 0.05) is 29.4 Å². The Labute approximate surface area is 171 Å². The molecule has 0 aliphatic carbocycles. The van der Waals surface area contributed by atoms with Crippen molar-refractivity contribution in [2.75, 3.05) is 5.32 Å². The molecule has 2 aromatic carbocycles. The van der Waals surface area contributed by atoms with E-state index in [2.05, 4.69) is 15.2 Å². The number of non-ortho nitro benzene ring substituents is 1. The number of amides is 1. The molecule has 1 heterocycles. The highest BCUT2D eigenvalue weighted by atomic mass is 19.4. The zero-order chi connectivity index (χ0) is 22.6. The van der Waals surface area contributed by atoms with E-state index < -0.39 is 35.0 Å². The molecule has 31 heavy (non-hydrogen) atoms. The molecule has 0 bridgehead atoms. The van der Waals surface area contributed by atoms with Gasteiger partial charge in [0.2, 0.25) is 5.91 Å². The summed E-state index contributed by atoms with van der Waals surface area (Å²) in [5.41, 5.74) is 0.0572. The molecule has 3 aromatic rings. The Kier molecular flexibility index (Phi) is 6.00. The van der Waals surface area contributed by atoms with Gasteiger partial charge in [-0.3, -0.25) is 19.7 Å². The molecule has 0 atom stereocenters. The van der Waals surface area contributed by atoms with Crippen molar-refractivity contribution in [3.63, 3.8) is 0 Å². The van der Waals surface area contributed by atoms with Crippen LogP contribution in [0.3, 0.4) is 0 Å². The highest BCUT2D eigenvalue weighted by molar-refractivity contribution is 5.90. The van der Waals surface area contributed by atoms with E-state index in [1.807, 2.05) is 0 Å². The van der Waals surface area contributed by atoms with E-state index in [1.54, 1.807) is 6.07 Å². The van der Waals surface area contributed by atoms with Gasteiger partial charge in [-0.1, -0.05) is 12.1 Å². The molecular formula is C19H13F3N4O5. The van der Waals surface area contributed by atoms with E-state index in [0.29, 0.717) is 5.56 Å². The second kappa shape index (κ2) is 8.65. The number of alkyl halides is 3. The van der Waals surface area contributed by atoms with Gasteiger partial charge in [-0.05, 0) is 30.3 Å². The largest absolute Gasteiger partial charge is 0.573 e. The van der Waals surface area contributed by atoms with Gasteiger partial charge >= 0.3 is 6.36 Å². The third-order valence-corrected chi connectivity index (χ3v) is 3.88. The number of anilines is 1. The molecule has 1 N–H and O–H groups in total. The molecule has 9 nitrogen and oxygen atoms in total. The molecule has 0 unspecified atom stereocenters. The summed E-state index contributed by atoms with van der Waals surface area (Å²) >= 11 is 0. The van der Waals surface area contributed by atoms with Gasteiger partial charge in [0.15, 0.2) is 0 Å². The number of benzene rings is 2. The van der Waals surface area contributed by atoms with Crippen LogP contribution in [-0.4, -0.2) is 27.0 Å². The van der Waals surface area contributed by atoms with E-state index in [1.165, 1.54) is 36.4 Å². The Morgan fingerprint density at radius 1 is 1.13 bits per heavy atom. The summed E-state index contributed by atoms with van der Waals surface area (Å²) in [5.74, 6) is -1.11.